The molecule has 1 aromatic carbocycles. The molecule has 24 heavy (non-hydrogen) atoms. The minimum atomic E-state index is -1.04. The molecule has 124 valence electrons. The highest BCUT2D eigenvalue weighted by Gasteiger charge is 2.35. The van der Waals surface area contributed by atoms with Crippen LogP contribution in [0.2, 0.25) is 0 Å². The Balaban J connectivity index is 1.90. The van der Waals surface area contributed by atoms with Gasteiger partial charge in [0.15, 0.2) is 5.69 Å². The highest BCUT2D eigenvalue weighted by atomic mass is 16.6. The molecule has 1 N–H and O–H groups in total. The van der Waals surface area contributed by atoms with Crippen LogP contribution in [0.3, 0.4) is 0 Å². The predicted molar refractivity (Wildman–Crippen MR) is 81.9 cm³/mol. The van der Waals surface area contributed by atoms with Crippen molar-refractivity contribution in [2.75, 3.05) is 6.54 Å². The summed E-state index contributed by atoms with van der Waals surface area (Å²) in [4.78, 5) is 35.5. The maximum absolute atomic E-state index is 12.5. The number of carbonyl (C=O) groups excluding carboxylic acids is 1. The van der Waals surface area contributed by atoms with E-state index in [4.69, 9.17) is 5.11 Å². The number of nitro benzene ring substituents is 1. The van der Waals surface area contributed by atoms with E-state index in [2.05, 4.69) is 5.10 Å². The fraction of sp³-hybridized carbons (Fsp3) is 0.267. The Morgan fingerprint density at radius 1 is 1.29 bits per heavy atom. The first-order chi connectivity index (χ1) is 11.5. The van der Waals surface area contributed by atoms with Gasteiger partial charge in [-0.3, -0.25) is 14.9 Å². The average Bonchev–Trinajstić information content (AvgIpc) is 3.23. The molecule has 0 bridgehead atoms. The molecule has 1 aromatic heterocycles. The number of aromatic nitrogens is 2. The first kappa shape index (κ1) is 15.7. The van der Waals surface area contributed by atoms with Crippen molar-refractivity contribution in [1.82, 2.24) is 14.7 Å². The van der Waals surface area contributed by atoms with Crippen molar-refractivity contribution < 1.29 is 19.6 Å². The Bertz CT molecular complexity index is 816. The first-order valence-electron chi connectivity index (χ1n) is 7.32. The second-order valence-corrected chi connectivity index (χ2v) is 5.39. The van der Waals surface area contributed by atoms with Gasteiger partial charge in [0.1, 0.15) is 11.7 Å². The molecule has 1 amide bonds. The Labute approximate surface area is 136 Å². The van der Waals surface area contributed by atoms with Gasteiger partial charge in [0.25, 0.3) is 11.6 Å². The van der Waals surface area contributed by atoms with Crippen molar-refractivity contribution in [3.05, 3.63) is 52.3 Å². The van der Waals surface area contributed by atoms with Gasteiger partial charge in [-0.2, -0.15) is 5.10 Å². The van der Waals surface area contributed by atoms with Crippen molar-refractivity contribution in [3.8, 4) is 5.69 Å². The molecule has 0 spiro atoms. The topological polar surface area (TPSA) is 119 Å². The predicted octanol–water partition coefficient (Wildman–Crippen LogP) is 1.47. The van der Waals surface area contributed by atoms with E-state index in [-0.39, 0.29) is 17.1 Å². The van der Waals surface area contributed by atoms with Gasteiger partial charge >= 0.3 is 5.97 Å². The van der Waals surface area contributed by atoms with E-state index >= 15 is 0 Å². The number of hydrogen-bond donors (Lipinski definition) is 1. The summed E-state index contributed by atoms with van der Waals surface area (Å²) in [5, 5.41) is 24.3. The van der Waals surface area contributed by atoms with E-state index < -0.39 is 22.8 Å². The molecular weight excluding hydrogens is 316 g/mol. The first-order valence-corrected chi connectivity index (χ1v) is 7.32. The fourth-order valence-electron chi connectivity index (χ4n) is 2.80. The number of nitro groups is 1. The maximum Gasteiger partial charge on any atom is 0.326 e. The zero-order chi connectivity index (χ0) is 17.3. The van der Waals surface area contributed by atoms with Crippen LogP contribution in [0.5, 0.6) is 0 Å². The van der Waals surface area contributed by atoms with Crippen LogP contribution < -0.4 is 0 Å². The lowest BCUT2D eigenvalue weighted by molar-refractivity contribution is -0.384. The second-order valence-electron chi connectivity index (χ2n) is 5.39. The lowest BCUT2D eigenvalue weighted by atomic mass is 10.2. The second kappa shape index (κ2) is 6.11. The SMILES string of the molecule is O=C(O)[C@@H]1CCCN1C(=O)c1ccn(-c2ccccc2[N+](=O)[O-])n1. The quantitative estimate of drug-likeness (QED) is 0.670. The Morgan fingerprint density at radius 2 is 2.04 bits per heavy atom. The summed E-state index contributed by atoms with van der Waals surface area (Å²) in [6.07, 6.45) is 2.47. The highest BCUT2D eigenvalue weighted by molar-refractivity contribution is 5.95. The fourth-order valence-corrected chi connectivity index (χ4v) is 2.80. The molecule has 9 heteroatoms. The van der Waals surface area contributed by atoms with Crippen LogP contribution in [-0.4, -0.2) is 49.2 Å². The number of nitrogens with zero attached hydrogens (tertiary/aromatic N) is 4. The number of para-hydroxylation sites is 2. The van der Waals surface area contributed by atoms with Crippen LogP contribution in [0.4, 0.5) is 5.69 Å². The van der Waals surface area contributed by atoms with E-state index in [1.807, 2.05) is 0 Å². The zero-order valence-corrected chi connectivity index (χ0v) is 12.5. The van der Waals surface area contributed by atoms with Crippen LogP contribution in [0.25, 0.3) is 5.69 Å². The lowest BCUT2D eigenvalue weighted by Gasteiger charge is -2.20. The number of likely N-dealkylation sites (tertiary alicyclic amines) is 1. The van der Waals surface area contributed by atoms with Crippen LogP contribution in [0.1, 0.15) is 23.3 Å². The number of rotatable bonds is 4. The lowest BCUT2D eigenvalue weighted by Crippen LogP contribution is -2.40. The number of hydrogen-bond acceptors (Lipinski definition) is 5. The molecule has 3 rings (SSSR count). The van der Waals surface area contributed by atoms with Gasteiger partial charge in [0.2, 0.25) is 0 Å². The van der Waals surface area contributed by atoms with Gasteiger partial charge < -0.3 is 10.0 Å². The van der Waals surface area contributed by atoms with Gasteiger partial charge in [-0.1, -0.05) is 12.1 Å². The summed E-state index contributed by atoms with van der Waals surface area (Å²) < 4.78 is 1.25. The number of aliphatic carboxylic acids is 1. The third-order valence-electron chi connectivity index (χ3n) is 3.93. The van der Waals surface area contributed by atoms with Gasteiger partial charge in [-0.05, 0) is 25.0 Å². The summed E-state index contributed by atoms with van der Waals surface area (Å²) in [5.74, 6) is -1.53. The molecule has 2 heterocycles. The van der Waals surface area contributed by atoms with Crippen molar-refractivity contribution in [2.24, 2.45) is 0 Å². The molecule has 1 atom stereocenters. The van der Waals surface area contributed by atoms with E-state index in [0.717, 1.165) is 0 Å². The Morgan fingerprint density at radius 3 is 2.75 bits per heavy atom. The van der Waals surface area contributed by atoms with Crippen molar-refractivity contribution in [2.45, 2.75) is 18.9 Å². The average molecular weight is 330 g/mol. The molecule has 2 aromatic rings. The number of carbonyl (C=O) groups is 2. The summed E-state index contributed by atoms with van der Waals surface area (Å²) in [5.41, 5.74) is 0.156. The highest BCUT2D eigenvalue weighted by Crippen LogP contribution is 2.23. The number of carboxylic acids is 1. The van der Waals surface area contributed by atoms with Crippen LogP contribution in [0, 0.1) is 10.1 Å². The van der Waals surface area contributed by atoms with Crippen LogP contribution >= 0.6 is 0 Å². The molecule has 1 fully saturated rings. The van der Waals surface area contributed by atoms with E-state index in [1.165, 1.54) is 34.0 Å². The van der Waals surface area contributed by atoms with Crippen molar-refractivity contribution >= 4 is 17.6 Å². The summed E-state index contributed by atoms with van der Waals surface area (Å²) >= 11 is 0. The summed E-state index contributed by atoms with van der Waals surface area (Å²) in [7, 11) is 0. The standard InChI is InChI=1S/C15H14N4O5/c20-14(17-8-3-6-13(17)15(21)22)10-7-9-18(16-10)11-4-1-2-5-12(11)19(23)24/h1-2,4-5,7,9,13H,3,6,8H2,(H,21,22)/t13-/m0/s1. The number of benzene rings is 1. The van der Waals surface area contributed by atoms with Gasteiger partial charge in [-0.25, -0.2) is 9.48 Å². The summed E-state index contributed by atoms with van der Waals surface area (Å²) in [6.45, 7) is 0.355. The van der Waals surface area contributed by atoms with E-state index in [9.17, 15) is 19.7 Å². The smallest absolute Gasteiger partial charge is 0.326 e. The third kappa shape index (κ3) is 2.71. The van der Waals surface area contributed by atoms with Crippen molar-refractivity contribution in [1.29, 1.82) is 0 Å². The third-order valence-corrected chi connectivity index (χ3v) is 3.93. The Kier molecular flexibility index (Phi) is 3.98. The molecular formula is C15H14N4O5. The monoisotopic (exact) mass is 330 g/mol. The minimum Gasteiger partial charge on any atom is -0.480 e. The van der Waals surface area contributed by atoms with Crippen LogP contribution in [0.15, 0.2) is 36.5 Å². The normalized spacial score (nSPS) is 17.0. The molecule has 0 aliphatic carbocycles. The number of amides is 1. The molecule has 9 nitrogen and oxygen atoms in total. The minimum absolute atomic E-state index is 0.0568. The maximum atomic E-state index is 12.5. The van der Waals surface area contributed by atoms with E-state index in [0.29, 0.717) is 19.4 Å². The molecule has 0 unspecified atom stereocenters. The Hall–Kier alpha value is -3.23. The van der Waals surface area contributed by atoms with Gasteiger partial charge in [-0.15, -0.1) is 0 Å². The van der Waals surface area contributed by atoms with Gasteiger partial charge in [0.05, 0.1) is 4.92 Å². The zero-order valence-electron chi connectivity index (χ0n) is 12.5. The molecule has 1 saturated heterocycles. The molecule has 1 aliphatic rings. The van der Waals surface area contributed by atoms with Gasteiger partial charge in [0, 0.05) is 18.8 Å². The molecule has 1 aliphatic heterocycles. The molecule has 0 radical (unpaired) electrons. The molecule has 0 saturated carbocycles. The summed E-state index contributed by atoms with van der Waals surface area (Å²) in [6, 6.07) is 6.62. The van der Waals surface area contributed by atoms with E-state index in [1.54, 1.807) is 12.1 Å². The largest absolute Gasteiger partial charge is 0.480 e. The van der Waals surface area contributed by atoms with Crippen LogP contribution in [-0.2, 0) is 4.79 Å². The van der Waals surface area contributed by atoms with Crippen molar-refractivity contribution in [3.63, 3.8) is 0 Å². The number of carboxylic acid groups (broad SMARTS) is 1.